The van der Waals surface area contributed by atoms with E-state index in [4.69, 9.17) is 0 Å². The van der Waals surface area contributed by atoms with Gasteiger partial charge in [0.1, 0.15) is 0 Å². The summed E-state index contributed by atoms with van der Waals surface area (Å²) in [5.41, 5.74) is 5.44. The molecule has 0 unspecified atom stereocenters. The Morgan fingerprint density at radius 2 is 1.65 bits per heavy atom. The van der Waals surface area contributed by atoms with Gasteiger partial charge in [-0.2, -0.15) is 0 Å². The number of para-hydroxylation sites is 1. The molecule has 6 heteroatoms. The summed E-state index contributed by atoms with van der Waals surface area (Å²) in [6.45, 7) is 4.33. The van der Waals surface area contributed by atoms with Crippen molar-refractivity contribution in [2.24, 2.45) is 0 Å². The number of rotatable bonds is 8. The third kappa shape index (κ3) is 4.55. The van der Waals surface area contributed by atoms with Crippen LogP contribution in [0, 0.1) is 0 Å². The van der Waals surface area contributed by atoms with E-state index < -0.39 is 6.10 Å². The molecule has 5 nitrogen and oxygen atoms in total. The normalized spacial score (nSPS) is 12.1. The number of thioether (sulfide) groups is 1. The molecular formula is C25H26N4OS. The molecule has 2 aromatic heterocycles. The molecule has 0 aliphatic rings. The van der Waals surface area contributed by atoms with E-state index >= 15 is 0 Å². The van der Waals surface area contributed by atoms with Crippen LogP contribution in [-0.2, 0) is 12.8 Å². The summed E-state index contributed by atoms with van der Waals surface area (Å²) in [5, 5.41) is 20.5. The van der Waals surface area contributed by atoms with Gasteiger partial charge in [0, 0.05) is 23.7 Å². The van der Waals surface area contributed by atoms with E-state index in [1.807, 2.05) is 48.7 Å². The Kier molecular flexibility index (Phi) is 6.79. The summed E-state index contributed by atoms with van der Waals surface area (Å²) >= 11 is 1.52. The number of hydrogen-bond donors (Lipinski definition) is 1. The topological polar surface area (TPSA) is 63.8 Å². The maximum Gasteiger partial charge on any atom is 0.196 e. The first-order valence-electron chi connectivity index (χ1n) is 10.6. The molecule has 0 aliphatic carbocycles. The van der Waals surface area contributed by atoms with Crippen LogP contribution in [0.5, 0.6) is 0 Å². The third-order valence-electron chi connectivity index (χ3n) is 5.30. The minimum atomic E-state index is -0.578. The second-order valence-corrected chi connectivity index (χ2v) is 8.24. The van der Waals surface area contributed by atoms with Crippen molar-refractivity contribution in [3.8, 4) is 17.1 Å². The fraction of sp³-hybridized carbons (Fsp3) is 0.240. The second kappa shape index (κ2) is 9.90. The van der Waals surface area contributed by atoms with Crippen LogP contribution in [0.2, 0.25) is 0 Å². The van der Waals surface area contributed by atoms with Gasteiger partial charge in [-0.3, -0.25) is 9.55 Å². The minimum Gasteiger partial charge on any atom is -0.388 e. The van der Waals surface area contributed by atoms with Crippen molar-refractivity contribution < 1.29 is 5.11 Å². The fourth-order valence-corrected chi connectivity index (χ4v) is 4.58. The molecule has 31 heavy (non-hydrogen) atoms. The average Bonchev–Trinajstić information content (AvgIpc) is 3.26. The smallest absolute Gasteiger partial charge is 0.196 e. The summed E-state index contributed by atoms with van der Waals surface area (Å²) in [6.07, 6.45) is 4.81. The quantitative estimate of drug-likeness (QED) is 0.385. The van der Waals surface area contributed by atoms with E-state index in [0.29, 0.717) is 5.75 Å². The summed E-state index contributed by atoms with van der Waals surface area (Å²) in [4.78, 5) is 4.28. The lowest BCUT2D eigenvalue weighted by Crippen LogP contribution is -2.08. The molecule has 0 saturated carbocycles. The number of benzene rings is 2. The Morgan fingerprint density at radius 1 is 0.903 bits per heavy atom. The minimum absolute atomic E-state index is 0.491. The first-order chi connectivity index (χ1) is 15.2. The standard InChI is InChI=1S/C25H26N4OS/c1-3-18-12-8-13-19(4-2)23(18)29-24(21-14-9-15-26-16-21)27-28-25(29)31-17-22(30)20-10-6-5-7-11-20/h5-16,22,30H,3-4,17H2,1-2H3/t22-/m0/s1. The predicted octanol–water partition coefficient (Wildman–Crippen LogP) is 5.28. The molecule has 0 radical (unpaired) electrons. The van der Waals surface area contributed by atoms with Crippen molar-refractivity contribution in [2.75, 3.05) is 5.75 Å². The Hall–Kier alpha value is -2.96. The van der Waals surface area contributed by atoms with Gasteiger partial charge in [0.05, 0.1) is 11.8 Å². The van der Waals surface area contributed by atoms with Gasteiger partial charge in [-0.05, 0) is 41.7 Å². The molecular weight excluding hydrogens is 404 g/mol. The molecule has 0 amide bonds. The van der Waals surface area contributed by atoms with Crippen molar-refractivity contribution in [3.63, 3.8) is 0 Å². The Bertz CT molecular complexity index is 1110. The number of aromatic nitrogens is 4. The summed E-state index contributed by atoms with van der Waals surface area (Å²) in [7, 11) is 0. The molecule has 2 heterocycles. The first kappa shape index (κ1) is 21.3. The van der Waals surface area contributed by atoms with Crippen LogP contribution in [0.4, 0.5) is 0 Å². The zero-order valence-corrected chi connectivity index (χ0v) is 18.6. The highest BCUT2D eigenvalue weighted by Crippen LogP contribution is 2.33. The maximum absolute atomic E-state index is 10.7. The number of nitrogens with zero attached hydrogens (tertiary/aromatic N) is 4. The van der Waals surface area contributed by atoms with Gasteiger partial charge >= 0.3 is 0 Å². The van der Waals surface area contributed by atoms with Gasteiger partial charge in [-0.1, -0.05) is 74.1 Å². The van der Waals surface area contributed by atoms with E-state index in [-0.39, 0.29) is 0 Å². The van der Waals surface area contributed by atoms with Gasteiger partial charge in [0.2, 0.25) is 0 Å². The Morgan fingerprint density at radius 3 is 2.29 bits per heavy atom. The van der Waals surface area contributed by atoms with Gasteiger partial charge in [-0.15, -0.1) is 10.2 Å². The van der Waals surface area contributed by atoms with E-state index in [9.17, 15) is 5.11 Å². The molecule has 158 valence electrons. The first-order valence-corrected chi connectivity index (χ1v) is 11.5. The van der Waals surface area contributed by atoms with Crippen LogP contribution in [0.15, 0.2) is 78.2 Å². The molecule has 1 atom stereocenters. The number of aliphatic hydroxyl groups is 1. The Balaban J connectivity index is 1.78. The van der Waals surface area contributed by atoms with Gasteiger partial charge < -0.3 is 5.11 Å². The van der Waals surface area contributed by atoms with Crippen LogP contribution in [0.1, 0.15) is 36.6 Å². The lowest BCUT2D eigenvalue weighted by molar-refractivity contribution is 0.204. The third-order valence-corrected chi connectivity index (χ3v) is 6.30. The van der Waals surface area contributed by atoms with Crippen LogP contribution in [-0.4, -0.2) is 30.6 Å². The molecule has 0 bridgehead atoms. The summed E-state index contributed by atoms with van der Waals surface area (Å²) in [5.74, 6) is 1.26. The summed E-state index contributed by atoms with van der Waals surface area (Å²) in [6, 6.07) is 20.1. The zero-order valence-electron chi connectivity index (χ0n) is 17.8. The predicted molar refractivity (Wildman–Crippen MR) is 125 cm³/mol. The average molecular weight is 431 g/mol. The second-order valence-electron chi connectivity index (χ2n) is 7.25. The molecule has 0 aliphatic heterocycles. The summed E-state index contributed by atoms with van der Waals surface area (Å²) < 4.78 is 2.14. The zero-order chi connectivity index (χ0) is 21.6. The van der Waals surface area contributed by atoms with Crippen molar-refractivity contribution >= 4 is 11.8 Å². The number of hydrogen-bond acceptors (Lipinski definition) is 5. The lowest BCUT2D eigenvalue weighted by Gasteiger charge is -2.18. The molecule has 0 spiro atoms. The van der Waals surface area contributed by atoms with Gasteiger partial charge in [0.15, 0.2) is 11.0 Å². The molecule has 0 fully saturated rings. The van der Waals surface area contributed by atoms with Crippen molar-refractivity contribution in [2.45, 2.75) is 37.9 Å². The lowest BCUT2D eigenvalue weighted by atomic mass is 10.0. The fourth-order valence-electron chi connectivity index (χ4n) is 3.67. The largest absolute Gasteiger partial charge is 0.388 e. The van der Waals surface area contributed by atoms with E-state index in [1.54, 1.807) is 6.20 Å². The van der Waals surface area contributed by atoms with Gasteiger partial charge in [0.25, 0.3) is 0 Å². The van der Waals surface area contributed by atoms with E-state index in [0.717, 1.165) is 40.6 Å². The van der Waals surface area contributed by atoms with Crippen molar-refractivity contribution in [3.05, 3.63) is 89.7 Å². The highest BCUT2D eigenvalue weighted by molar-refractivity contribution is 7.99. The van der Waals surface area contributed by atoms with E-state index in [1.165, 1.54) is 22.9 Å². The maximum atomic E-state index is 10.7. The van der Waals surface area contributed by atoms with Crippen LogP contribution >= 0.6 is 11.8 Å². The molecule has 4 rings (SSSR count). The molecule has 1 N–H and O–H groups in total. The van der Waals surface area contributed by atoms with Crippen molar-refractivity contribution in [1.82, 2.24) is 19.7 Å². The number of aryl methyl sites for hydroxylation is 2. The van der Waals surface area contributed by atoms with Crippen molar-refractivity contribution in [1.29, 1.82) is 0 Å². The molecule has 2 aromatic carbocycles. The van der Waals surface area contributed by atoms with Gasteiger partial charge in [-0.25, -0.2) is 0 Å². The number of pyridine rings is 1. The SMILES string of the molecule is CCc1cccc(CC)c1-n1c(SC[C@H](O)c2ccccc2)nnc1-c1cccnc1. The molecule has 4 aromatic rings. The van der Waals surface area contributed by atoms with Crippen LogP contribution in [0.3, 0.4) is 0 Å². The Labute approximate surface area is 187 Å². The van der Waals surface area contributed by atoms with Crippen LogP contribution in [0.25, 0.3) is 17.1 Å². The highest BCUT2D eigenvalue weighted by Gasteiger charge is 2.21. The van der Waals surface area contributed by atoms with Crippen LogP contribution < -0.4 is 0 Å². The van der Waals surface area contributed by atoms with E-state index in [2.05, 4.69) is 51.8 Å². The monoisotopic (exact) mass is 430 g/mol. The highest BCUT2D eigenvalue weighted by atomic mass is 32.2. The number of aliphatic hydroxyl groups excluding tert-OH is 1. The molecule has 0 saturated heterocycles.